The minimum absolute atomic E-state index is 0.0260. The van der Waals surface area contributed by atoms with Crippen LogP contribution >= 0.6 is 0 Å². The van der Waals surface area contributed by atoms with Crippen molar-refractivity contribution in [3.8, 4) is 0 Å². The van der Waals surface area contributed by atoms with Crippen LogP contribution in [0.3, 0.4) is 0 Å². The second-order valence-corrected chi connectivity index (χ2v) is 4.39. The smallest absolute Gasteiger partial charge is 0.250 e. The molecule has 2 rings (SSSR count). The molecule has 0 unspecified atom stereocenters. The summed E-state index contributed by atoms with van der Waals surface area (Å²) in [6.07, 6.45) is 0. The zero-order chi connectivity index (χ0) is 14.9. The van der Waals surface area contributed by atoms with Gasteiger partial charge >= 0.3 is 0 Å². The Morgan fingerprint density at radius 3 is 2.40 bits per heavy atom. The van der Waals surface area contributed by atoms with Crippen molar-refractivity contribution < 1.29 is 13.6 Å². The number of hydrogen-bond acceptors (Lipinski definition) is 3. The summed E-state index contributed by atoms with van der Waals surface area (Å²) in [4.78, 5) is 11.2. The number of nitrogen functional groups attached to an aromatic ring is 1. The zero-order valence-corrected chi connectivity index (χ0v) is 10.7. The number of anilines is 3. The molecule has 104 valence electrons. The summed E-state index contributed by atoms with van der Waals surface area (Å²) in [6.45, 7) is 1.78. The van der Waals surface area contributed by atoms with E-state index in [2.05, 4.69) is 5.32 Å². The Morgan fingerprint density at radius 2 is 1.75 bits per heavy atom. The SMILES string of the molecule is Cc1ccc(F)c(Nc2cc(C(N)=O)c(N)cc2F)c1. The Bertz CT molecular complexity index is 686. The van der Waals surface area contributed by atoms with Crippen LogP contribution in [0, 0.1) is 18.6 Å². The normalized spacial score (nSPS) is 10.3. The lowest BCUT2D eigenvalue weighted by Gasteiger charge is -2.12. The largest absolute Gasteiger partial charge is 0.398 e. The van der Waals surface area contributed by atoms with Gasteiger partial charge in [-0.15, -0.1) is 0 Å². The average Bonchev–Trinajstić information content (AvgIpc) is 2.36. The van der Waals surface area contributed by atoms with Crippen LogP contribution in [0.5, 0.6) is 0 Å². The highest BCUT2D eigenvalue weighted by molar-refractivity contribution is 5.99. The molecule has 4 nitrogen and oxygen atoms in total. The average molecular weight is 277 g/mol. The first-order chi connectivity index (χ1) is 9.38. The third-order valence-corrected chi connectivity index (χ3v) is 2.80. The lowest BCUT2D eigenvalue weighted by Crippen LogP contribution is -2.14. The van der Waals surface area contributed by atoms with Crippen LogP contribution < -0.4 is 16.8 Å². The number of amides is 1. The number of halogens is 2. The molecule has 0 radical (unpaired) electrons. The van der Waals surface area contributed by atoms with E-state index in [0.29, 0.717) is 0 Å². The van der Waals surface area contributed by atoms with Crippen LogP contribution in [0.2, 0.25) is 0 Å². The van der Waals surface area contributed by atoms with Crippen LogP contribution in [0.4, 0.5) is 25.8 Å². The van der Waals surface area contributed by atoms with Gasteiger partial charge in [-0.05, 0) is 36.8 Å². The van der Waals surface area contributed by atoms with E-state index in [4.69, 9.17) is 11.5 Å². The third-order valence-electron chi connectivity index (χ3n) is 2.80. The van der Waals surface area contributed by atoms with Crippen LogP contribution in [-0.2, 0) is 0 Å². The molecule has 0 aliphatic rings. The molecule has 0 aliphatic carbocycles. The fraction of sp³-hybridized carbons (Fsp3) is 0.0714. The Kier molecular flexibility index (Phi) is 3.56. The van der Waals surface area contributed by atoms with E-state index in [-0.39, 0.29) is 22.6 Å². The number of primary amides is 1. The van der Waals surface area contributed by atoms with Crippen LogP contribution in [0.15, 0.2) is 30.3 Å². The van der Waals surface area contributed by atoms with Gasteiger partial charge in [-0.25, -0.2) is 8.78 Å². The minimum Gasteiger partial charge on any atom is -0.398 e. The van der Waals surface area contributed by atoms with Gasteiger partial charge in [0.1, 0.15) is 11.6 Å². The quantitative estimate of drug-likeness (QED) is 0.754. The molecule has 0 fully saturated rings. The van der Waals surface area contributed by atoms with Gasteiger partial charge in [0.2, 0.25) is 0 Å². The highest BCUT2D eigenvalue weighted by atomic mass is 19.1. The Labute approximate surface area is 114 Å². The molecular formula is C14H13F2N3O. The van der Waals surface area contributed by atoms with E-state index in [1.165, 1.54) is 12.1 Å². The van der Waals surface area contributed by atoms with E-state index in [0.717, 1.165) is 17.7 Å². The second-order valence-electron chi connectivity index (χ2n) is 4.39. The number of nitrogens with one attached hydrogen (secondary N) is 1. The first-order valence-electron chi connectivity index (χ1n) is 5.80. The van der Waals surface area contributed by atoms with Gasteiger partial charge in [0.05, 0.1) is 16.9 Å². The van der Waals surface area contributed by atoms with E-state index in [9.17, 15) is 13.6 Å². The Morgan fingerprint density at radius 1 is 1.10 bits per heavy atom. The molecule has 6 heteroatoms. The summed E-state index contributed by atoms with van der Waals surface area (Å²) in [6, 6.07) is 6.51. The third kappa shape index (κ3) is 2.69. The standard InChI is InChI=1S/C14H13F2N3O/c1-7-2-3-9(15)12(4-7)19-13-5-8(14(18)20)11(17)6-10(13)16/h2-6,19H,17H2,1H3,(H2,18,20). The van der Waals surface area contributed by atoms with Crippen LogP contribution in [0.25, 0.3) is 0 Å². The monoisotopic (exact) mass is 277 g/mol. The van der Waals surface area contributed by atoms with Crippen molar-refractivity contribution in [3.63, 3.8) is 0 Å². The van der Waals surface area contributed by atoms with Gasteiger partial charge in [-0.2, -0.15) is 0 Å². The molecule has 0 heterocycles. The molecule has 0 saturated heterocycles. The molecule has 0 bridgehead atoms. The van der Waals surface area contributed by atoms with Crippen molar-refractivity contribution in [1.29, 1.82) is 0 Å². The molecule has 0 spiro atoms. The molecule has 5 N–H and O–H groups in total. The fourth-order valence-corrected chi connectivity index (χ4v) is 1.78. The van der Waals surface area contributed by atoms with Crippen molar-refractivity contribution in [2.45, 2.75) is 6.92 Å². The first-order valence-corrected chi connectivity index (χ1v) is 5.80. The molecule has 0 atom stereocenters. The van der Waals surface area contributed by atoms with E-state index < -0.39 is 17.5 Å². The maximum absolute atomic E-state index is 13.8. The van der Waals surface area contributed by atoms with Crippen LogP contribution in [-0.4, -0.2) is 5.91 Å². The number of nitrogens with two attached hydrogens (primary N) is 2. The summed E-state index contributed by atoms with van der Waals surface area (Å²) < 4.78 is 27.4. The summed E-state index contributed by atoms with van der Waals surface area (Å²) in [5.74, 6) is -2.02. The van der Waals surface area contributed by atoms with E-state index in [1.807, 2.05) is 0 Å². The number of carbonyl (C=O) groups excluding carboxylic acids is 1. The molecule has 0 aromatic heterocycles. The van der Waals surface area contributed by atoms with Crippen molar-refractivity contribution >= 4 is 23.0 Å². The summed E-state index contributed by atoms with van der Waals surface area (Å²) >= 11 is 0. The maximum atomic E-state index is 13.8. The van der Waals surface area contributed by atoms with Gasteiger partial charge < -0.3 is 16.8 Å². The summed E-state index contributed by atoms with van der Waals surface area (Å²) in [7, 11) is 0. The van der Waals surface area contributed by atoms with Gasteiger partial charge in [-0.1, -0.05) is 6.07 Å². The van der Waals surface area contributed by atoms with Gasteiger partial charge in [0.15, 0.2) is 0 Å². The first kappa shape index (κ1) is 13.8. The zero-order valence-electron chi connectivity index (χ0n) is 10.7. The van der Waals surface area contributed by atoms with Gasteiger partial charge in [-0.3, -0.25) is 4.79 Å². The fourth-order valence-electron chi connectivity index (χ4n) is 1.78. The molecule has 2 aromatic carbocycles. The lowest BCUT2D eigenvalue weighted by atomic mass is 10.1. The second kappa shape index (κ2) is 5.16. The van der Waals surface area contributed by atoms with Gasteiger partial charge in [0, 0.05) is 5.69 Å². The summed E-state index contributed by atoms with van der Waals surface area (Å²) in [5, 5.41) is 2.59. The predicted octanol–water partition coefficient (Wildman–Crippen LogP) is 2.70. The predicted molar refractivity (Wildman–Crippen MR) is 73.8 cm³/mol. The molecule has 2 aromatic rings. The molecule has 20 heavy (non-hydrogen) atoms. The van der Waals surface area contributed by atoms with Crippen molar-refractivity contribution in [1.82, 2.24) is 0 Å². The van der Waals surface area contributed by atoms with Crippen molar-refractivity contribution in [2.75, 3.05) is 11.1 Å². The maximum Gasteiger partial charge on any atom is 0.250 e. The number of hydrogen-bond donors (Lipinski definition) is 3. The number of aryl methyl sites for hydroxylation is 1. The molecule has 0 saturated carbocycles. The number of benzene rings is 2. The van der Waals surface area contributed by atoms with E-state index in [1.54, 1.807) is 13.0 Å². The van der Waals surface area contributed by atoms with Crippen molar-refractivity contribution in [3.05, 3.63) is 53.1 Å². The highest BCUT2D eigenvalue weighted by Gasteiger charge is 2.13. The molecular weight excluding hydrogens is 264 g/mol. The molecule has 0 aliphatic heterocycles. The Hall–Kier alpha value is -2.63. The molecule has 1 amide bonds. The topological polar surface area (TPSA) is 81.1 Å². The van der Waals surface area contributed by atoms with Crippen LogP contribution in [0.1, 0.15) is 15.9 Å². The van der Waals surface area contributed by atoms with E-state index >= 15 is 0 Å². The minimum atomic E-state index is -0.782. The summed E-state index contributed by atoms with van der Waals surface area (Å²) in [5.41, 5.74) is 11.4. The highest BCUT2D eigenvalue weighted by Crippen LogP contribution is 2.27. The van der Waals surface area contributed by atoms with Crippen molar-refractivity contribution in [2.24, 2.45) is 5.73 Å². The number of rotatable bonds is 3. The lowest BCUT2D eigenvalue weighted by molar-refractivity contribution is 0.100. The van der Waals surface area contributed by atoms with Gasteiger partial charge in [0.25, 0.3) is 5.91 Å². The Balaban J connectivity index is 2.45. The number of carbonyl (C=O) groups is 1.